The number of imide groups is 1. The number of carbonyl (C=O) groups excluding carboxylic acids is 2. The van der Waals surface area contributed by atoms with Crippen molar-refractivity contribution in [3.8, 4) is 0 Å². The van der Waals surface area contributed by atoms with Gasteiger partial charge in [0.15, 0.2) is 6.10 Å². The first-order chi connectivity index (χ1) is 14.1. The summed E-state index contributed by atoms with van der Waals surface area (Å²) in [6.07, 6.45) is -0.962. The molecule has 2 aliphatic rings. The van der Waals surface area contributed by atoms with Crippen LogP contribution in [-0.2, 0) is 14.4 Å². The highest BCUT2D eigenvalue weighted by molar-refractivity contribution is 6.23. The molecule has 0 saturated carbocycles. The second kappa shape index (κ2) is 6.83. The van der Waals surface area contributed by atoms with E-state index in [1.807, 2.05) is 36.4 Å². The van der Waals surface area contributed by atoms with Gasteiger partial charge >= 0.3 is 0 Å². The smallest absolute Gasteiger partial charge is 0.266 e. The molecular weight excluding hydrogens is 371 g/mol. The van der Waals surface area contributed by atoms with Crippen molar-refractivity contribution in [2.24, 2.45) is 5.92 Å². The summed E-state index contributed by atoms with van der Waals surface area (Å²) in [5.74, 6) is -1.94. The third-order valence-electron chi connectivity index (χ3n) is 5.33. The van der Waals surface area contributed by atoms with E-state index in [-0.39, 0.29) is 5.91 Å². The van der Waals surface area contributed by atoms with Gasteiger partial charge in [-0.1, -0.05) is 48.5 Å². The Hall–Kier alpha value is -3.51. The average molecular weight is 388 g/mol. The molecule has 3 atom stereocenters. The van der Waals surface area contributed by atoms with Gasteiger partial charge in [0.2, 0.25) is 5.91 Å². The zero-order valence-electron chi connectivity index (χ0n) is 15.3. The molecule has 2 amide bonds. The molecule has 5 rings (SSSR count). The summed E-state index contributed by atoms with van der Waals surface area (Å²) in [6.45, 7) is 0. The van der Waals surface area contributed by atoms with Crippen LogP contribution in [0.1, 0.15) is 11.6 Å². The molecule has 2 saturated heterocycles. The van der Waals surface area contributed by atoms with Crippen molar-refractivity contribution in [1.29, 1.82) is 0 Å². The molecule has 0 bridgehead atoms. The lowest BCUT2D eigenvalue weighted by atomic mass is 9.90. The predicted molar refractivity (Wildman–Crippen MR) is 105 cm³/mol. The van der Waals surface area contributed by atoms with Gasteiger partial charge in [0, 0.05) is 0 Å². The topological polar surface area (TPSA) is 49.9 Å². The maximum absolute atomic E-state index is 14.0. The van der Waals surface area contributed by atoms with Crippen LogP contribution >= 0.6 is 0 Å². The van der Waals surface area contributed by atoms with Crippen molar-refractivity contribution < 1.29 is 18.8 Å². The number of hydrogen-bond donors (Lipinski definition) is 0. The van der Waals surface area contributed by atoms with Gasteiger partial charge in [-0.2, -0.15) is 0 Å². The molecular formula is C23H17FN2O3. The van der Waals surface area contributed by atoms with Crippen molar-refractivity contribution in [2.75, 3.05) is 9.96 Å². The van der Waals surface area contributed by atoms with Gasteiger partial charge in [-0.25, -0.2) is 14.4 Å². The summed E-state index contributed by atoms with van der Waals surface area (Å²) >= 11 is 0. The largest absolute Gasteiger partial charge is 0.273 e. The molecule has 0 aromatic heterocycles. The van der Waals surface area contributed by atoms with E-state index in [1.165, 1.54) is 17.0 Å². The fraction of sp³-hybridized carbons (Fsp3) is 0.130. The third kappa shape index (κ3) is 2.80. The van der Waals surface area contributed by atoms with Crippen LogP contribution in [0.15, 0.2) is 84.9 Å². The Kier molecular flexibility index (Phi) is 4.14. The minimum Gasteiger partial charge on any atom is -0.273 e. The number of para-hydroxylation sites is 2. The first kappa shape index (κ1) is 17.6. The Morgan fingerprint density at radius 2 is 1.41 bits per heavy atom. The van der Waals surface area contributed by atoms with E-state index >= 15 is 0 Å². The van der Waals surface area contributed by atoms with Crippen LogP contribution in [0.4, 0.5) is 15.8 Å². The number of benzene rings is 3. The zero-order valence-corrected chi connectivity index (χ0v) is 15.3. The number of anilines is 2. The highest BCUT2D eigenvalue weighted by atomic mass is 19.1. The second-order valence-corrected chi connectivity index (χ2v) is 7.06. The van der Waals surface area contributed by atoms with E-state index in [4.69, 9.17) is 4.84 Å². The van der Waals surface area contributed by atoms with Gasteiger partial charge in [0.1, 0.15) is 11.7 Å². The van der Waals surface area contributed by atoms with Gasteiger partial charge in [0.05, 0.1) is 17.4 Å². The number of hydrogen-bond acceptors (Lipinski definition) is 4. The van der Waals surface area contributed by atoms with Crippen molar-refractivity contribution in [3.05, 3.63) is 96.3 Å². The fourth-order valence-electron chi connectivity index (χ4n) is 4.07. The van der Waals surface area contributed by atoms with Crippen LogP contribution in [0.25, 0.3) is 0 Å². The molecule has 0 aliphatic carbocycles. The Morgan fingerprint density at radius 1 is 0.759 bits per heavy atom. The van der Waals surface area contributed by atoms with Gasteiger partial charge in [0.25, 0.3) is 5.91 Å². The van der Waals surface area contributed by atoms with Crippen molar-refractivity contribution >= 4 is 23.2 Å². The standard InChI is InChI=1S/C23H17FN2O3/c24-16-9-7-8-15(14-16)20-19-21(29-26(20)18-12-5-2-6-13-18)23(28)25(22(19)27)17-10-3-1-4-11-17/h1-14,19-21H/t19-,20-,21-/m1/s1. The Balaban J connectivity index is 1.60. The van der Waals surface area contributed by atoms with E-state index in [0.29, 0.717) is 16.9 Å². The molecule has 5 nitrogen and oxygen atoms in total. The van der Waals surface area contributed by atoms with Crippen molar-refractivity contribution in [2.45, 2.75) is 12.1 Å². The molecule has 29 heavy (non-hydrogen) atoms. The highest BCUT2D eigenvalue weighted by Crippen LogP contribution is 2.47. The van der Waals surface area contributed by atoms with Crippen LogP contribution in [-0.4, -0.2) is 17.9 Å². The number of amides is 2. The van der Waals surface area contributed by atoms with Gasteiger partial charge in [-0.15, -0.1) is 0 Å². The summed E-state index contributed by atoms with van der Waals surface area (Å²) in [4.78, 5) is 33.6. The first-order valence-electron chi connectivity index (χ1n) is 9.34. The number of nitrogens with zero attached hydrogens (tertiary/aromatic N) is 2. The lowest BCUT2D eigenvalue weighted by molar-refractivity contribution is -0.126. The maximum Gasteiger partial charge on any atom is 0.266 e. The lowest BCUT2D eigenvalue weighted by Gasteiger charge is -2.28. The lowest BCUT2D eigenvalue weighted by Crippen LogP contribution is -2.37. The summed E-state index contributed by atoms with van der Waals surface area (Å²) in [5.41, 5.74) is 1.78. The van der Waals surface area contributed by atoms with Crippen LogP contribution in [0.3, 0.4) is 0 Å². The molecule has 2 fully saturated rings. The molecule has 2 heterocycles. The number of carbonyl (C=O) groups is 2. The normalized spacial score (nSPS) is 23.6. The van der Waals surface area contributed by atoms with Crippen LogP contribution in [0, 0.1) is 11.7 Å². The fourth-order valence-corrected chi connectivity index (χ4v) is 4.07. The predicted octanol–water partition coefficient (Wildman–Crippen LogP) is 3.88. The van der Waals surface area contributed by atoms with Crippen LogP contribution in [0.2, 0.25) is 0 Å². The average Bonchev–Trinajstić information content (AvgIpc) is 3.26. The maximum atomic E-state index is 14.0. The minimum absolute atomic E-state index is 0.348. The molecule has 0 N–H and O–H groups in total. The van der Waals surface area contributed by atoms with E-state index in [1.54, 1.807) is 41.5 Å². The zero-order chi connectivity index (χ0) is 20.0. The van der Waals surface area contributed by atoms with Crippen LogP contribution in [0.5, 0.6) is 0 Å². The highest BCUT2D eigenvalue weighted by Gasteiger charge is 2.60. The summed E-state index contributed by atoms with van der Waals surface area (Å²) in [6, 6.07) is 23.4. The number of fused-ring (bicyclic) bond motifs is 1. The third-order valence-corrected chi connectivity index (χ3v) is 5.33. The Morgan fingerprint density at radius 3 is 2.07 bits per heavy atom. The van der Waals surface area contributed by atoms with E-state index in [9.17, 15) is 14.0 Å². The van der Waals surface area contributed by atoms with Gasteiger partial charge in [-0.3, -0.25) is 14.4 Å². The van der Waals surface area contributed by atoms with Gasteiger partial charge < -0.3 is 0 Å². The molecule has 0 radical (unpaired) electrons. The summed E-state index contributed by atoms with van der Waals surface area (Å²) < 4.78 is 14.0. The number of rotatable bonds is 3. The Labute approximate surface area is 166 Å². The second-order valence-electron chi connectivity index (χ2n) is 7.06. The molecule has 3 aromatic carbocycles. The Bertz CT molecular complexity index is 1070. The molecule has 3 aromatic rings. The number of hydroxylamine groups is 1. The summed E-state index contributed by atoms with van der Waals surface area (Å²) in [7, 11) is 0. The minimum atomic E-state index is -0.962. The molecule has 0 unspecified atom stereocenters. The van der Waals surface area contributed by atoms with E-state index in [0.717, 1.165) is 0 Å². The van der Waals surface area contributed by atoms with Crippen molar-refractivity contribution in [3.63, 3.8) is 0 Å². The molecule has 144 valence electrons. The molecule has 2 aliphatic heterocycles. The number of halogens is 1. The first-order valence-corrected chi connectivity index (χ1v) is 9.34. The van der Waals surface area contributed by atoms with E-state index < -0.39 is 29.8 Å². The van der Waals surface area contributed by atoms with Crippen LogP contribution < -0.4 is 9.96 Å². The monoisotopic (exact) mass is 388 g/mol. The molecule has 6 heteroatoms. The quantitative estimate of drug-likeness (QED) is 0.639. The molecule has 0 spiro atoms. The van der Waals surface area contributed by atoms with Gasteiger partial charge in [-0.05, 0) is 42.0 Å². The van der Waals surface area contributed by atoms with E-state index in [2.05, 4.69) is 0 Å². The SMILES string of the molecule is O=C1[C@@H]2[C@@H](c3cccc(F)c3)N(c3ccccc3)O[C@H]2C(=O)N1c1ccccc1. The van der Waals surface area contributed by atoms with Crippen molar-refractivity contribution in [1.82, 2.24) is 0 Å². The summed E-state index contributed by atoms with van der Waals surface area (Å²) in [5, 5.41) is 1.56.